The molecule has 0 heterocycles. The third-order valence-electron chi connectivity index (χ3n) is 5.33. The fourth-order valence-corrected chi connectivity index (χ4v) is 3.73. The van der Waals surface area contributed by atoms with Crippen LogP contribution in [0, 0.1) is 23.3 Å². The predicted octanol–water partition coefficient (Wildman–Crippen LogP) is 8.52. The Morgan fingerprint density at radius 2 is 1.45 bits per heavy atom. The molecule has 33 heavy (non-hydrogen) atoms. The van der Waals surface area contributed by atoms with Gasteiger partial charge in [-0.2, -0.15) is 13.2 Å². The van der Waals surface area contributed by atoms with Crippen molar-refractivity contribution in [2.45, 2.75) is 51.6 Å². The average molecular weight is 472 g/mol. The second-order valence-electron chi connectivity index (χ2n) is 7.94. The number of benzene rings is 3. The first kappa shape index (κ1) is 24.9. The number of hydrogen-bond donors (Lipinski definition) is 0. The Kier molecular flexibility index (Phi) is 7.87. The molecule has 0 spiro atoms. The molecule has 0 amide bonds. The quantitative estimate of drug-likeness (QED) is 0.224. The fourth-order valence-electron chi connectivity index (χ4n) is 3.73. The molecule has 3 aromatic rings. The average Bonchev–Trinajstić information content (AvgIpc) is 2.72. The van der Waals surface area contributed by atoms with Gasteiger partial charge in [-0.1, -0.05) is 44.7 Å². The molecular weight excluding hydrogens is 449 g/mol. The highest BCUT2D eigenvalue weighted by Gasteiger charge is 2.30. The molecule has 8 heteroatoms. The Balaban J connectivity index is 1.88. The molecule has 0 bridgehead atoms. The van der Waals surface area contributed by atoms with Crippen LogP contribution in [0.15, 0.2) is 36.4 Å². The summed E-state index contributed by atoms with van der Waals surface area (Å²) >= 11 is 0. The van der Waals surface area contributed by atoms with Gasteiger partial charge in [0.1, 0.15) is 11.6 Å². The largest absolute Gasteiger partial charge is 0.478 e. The summed E-state index contributed by atoms with van der Waals surface area (Å²) in [7, 11) is 0. The molecule has 0 radical (unpaired) electrons. The van der Waals surface area contributed by atoms with Crippen LogP contribution in [0.2, 0.25) is 0 Å². The van der Waals surface area contributed by atoms with E-state index >= 15 is 0 Å². The summed E-state index contributed by atoms with van der Waals surface area (Å²) in [6, 6.07) is 6.80. The summed E-state index contributed by atoms with van der Waals surface area (Å²) in [5.74, 6) is -5.43. The molecule has 0 aliphatic heterocycles. The maximum absolute atomic E-state index is 14.7. The molecule has 178 valence electrons. The summed E-state index contributed by atoms with van der Waals surface area (Å²) in [4.78, 5) is 0. The van der Waals surface area contributed by atoms with Crippen molar-refractivity contribution in [3.63, 3.8) is 0 Å². The number of aryl methyl sites for hydroxylation is 1. The number of rotatable bonds is 9. The molecule has 0 N–H and O–H groups in total. The molecule has 3 aromatic carbocycles. The Labute approximate surface area is 187 Å². The summed E-state index contributed by atoms with van der Waals surface area (Å²) < 4.78 is 99.6. The van der Waals surface area contributed by atoms with Crippen LogP contribution in [0.5, 0.6) is 5.75 Å². The van der Waals surface area contributed by atoms with Gasteiger partial charge in [0.2, 0.25) is 0 Å². The van der Waals surface area contributed by atoms with E-state index in [4.69, 9.17) is 0 Å². The maximum atomic E-state index is 14.7. The summed E-state index contributed by atoms with van der Waals surface area (Å²) in [5, 5.41) is -0.303. The van der Waals surface area contributed by atoms with E-state index < -0.39 is 41.8 Å². The normalized spacial score (nSPS) is 11.9. The Bertz CT molecular complexity index is 1100. The zero-order valence-electron chi connectivity index (χ0n) is 18.0. The molecule has 0 saturated carbocycles. The first-order chi connectivity index (χ1) is 15.6. The first-order valence-electron chi connectivity index (χ1n) is 10.7. The smallest absolute Gasteiger partial charge is 0.422 e. The van der Waals surface area contributed by atoms with Crippen LogP contribution in [0.1, 0.15) is 44.6 Å². The van der Waals surface area contributed by atoms with E-state index in [2.05, 4.69) is 11.7 Å². The van der Waals surface area contributed by atoms with Crippen LogP contribution in [-0.4, -0.2) is 12.8 Å². The van der Waals surface area contributed by atoms with Gasteiger partial charge in [-0.25, -0.2) is 17.6 Å². The van der Waals surface area contributed by atoms with Crippen LogP contribution >= 0.6 is 0 Å². The highest BCUT2D eigenvalue weighted by atomic mass is 19.4. The SMILES string of the molecule is CCCCCCCc1cc(F)c(-c2ccc3c(F)c(OCC(F)(F)F)c(F)cc3c2)c(F)c1. The van der Waals surface area contributed by atoms with Crippen molar-refractivity contribution in [2.75, 3.05) is 6.61 Å². The van der Waals surface area contributed by atoms with Crippen molar-refractivity contribution in [1.29, 1.82) is 0 Å². The van der Waals surface area contributed by atoms with Crippen molar-refractivity contribution >= 4 is 10.8 Å². The minimum Gasteiger partial charge on any atom is -0.478 e. The fraction of sp³-hybridized carbons (Fsp3) is 0.360. The van der Waals surface area contributed by atoms with E-state index in [1.165, 1.54) is 24.3 Å². The second kappa shape index (κ2) is 10.4. The van der Waals surface area contributed by atoms with Crippen molar-refractivity contribution < 1.29 is 35.5 Å². The monoisotopic (exact) mass is 472 g/mol. The molecule has 3 rings (SSSR count). The van der Waals surface area contributed by atoms with Crippen molar-refractivity contribution in [1.82, 2.24) is 0 Å². The molecular formula is C25H23F7O. The highest BCUT2D eigenvalue weighted by Crippen LogP contribution is 2.35. The summed E-state index contributed by atoms with van der Waals surface area (Å²) in [6.07, 6.45) is 0.814. The first-order valence-corrected chi connectivity index (χ1v) is 10.7. The number of alkyl halides is 3. The number of hydrogen-bond acceptors (Lipinski definition) is 1. The second-order valence-corrected chi connectivity index (χ2v) is 7.94. The van der Waals surface area contributed by atoms with Gasteiger partial charge in [-0.3, -0.25) is 0 Å². The van der Waals surface area contributed by atoms with Crippen LogP contribution < -0.4 is 4.74 Å². The number of fused-ring (bicyclic) bond motifs is 1. The molecule has 0 aliphatic rings. The van der Waals surface area contributed by atoms with Gasteiger partial charge in [0.25, 0.3) is 0 Å². The van der Waals surface area contributed by atoms with E-state index in [1.54, 1.807) is 0 Å². The van der Waals surface area contributed by atoms with E-state index in [1.807, 2.05) is 0 Å². The molecule has 1 nitrogen and oxygen atoms in total. The van der Waals surface area contributed by atoms with Crippen molar-refractivity contribution in [3.8, 4) is 16.9 Å². The van der Waals surface area contributed by atoms with Crippen LogP contribution in [0.3, 0.4) is 0 Å². The summed E-state index contributed by atoms with van der Waals surface area (Å²) in [6.45, 7) is 0.242. The number of ether oxygens (including phenoxy) is 1. The minimum absolute atomic E-state index is 0.0507. The van der Waals surface area contributed by atoms with Gasteiger partial charge >= 0.3 is 6.18 Å². The lowest BCUT2D eigenvalue weighted by atomic mass is 9.97. The van der Waals surface area contributed by atoms with Crippen LogP contribution in [-0.2, 0) is 6.42 Å². The molecule has 0 aromatic heterocycles. The van der Waals surface area contributed by atoms with Gasteiger partial charge < -0.3 is 4.74 Å². The third kappa shape index (κ3) is 6.18. The van der Waals surface area contributed by atoms with E-state index in [9.17, 15) is 30.7 Å². The molecule has 0 unspecified atom stereocenters. The van der Waals surface area contributed by atoms with E-state index in [0.717, 1.165) is 44.2 Å². The molecule has 0 aliphatic carbocycles. The van der Waals surface area contributed by atoms with E-state index in [0.29, 0.717) is 12.0 Å². The zero-order valence-corrected chi connectivity index (χ0v) is 18.0. The van der Waals surface area contributed by atoms with Gasteiger partial charge in [-0.15, -0.1) is 0 Å². The molecule has 0 saturated heterocycles. The van der Waals surface area contributed by atoms with Gasteiger partial charge in [0, 0.05) is 5.39 Å². The third-order valence-corrected chi connectivity index (χ3v) is 5.33. The van der Waals surface area contributed by atoms with Gasteiger partial charge in [-0.05, 0) is 53.6 Å². The summed E-state index contributed by atoms with van der Waals surface area (Å²) in [5.41, 5.74) is 0.231. The Hall–Kier alpha value is -2.77. The predicted molar refractivity (Wildman–Crippen MR) is 113 cm³/mol. The number of halogens is 7. The Morgan fingerprint density at radius 3 is 2.09 bits per heavy atom. The zero-order chi connectivity index (χ0) is 24.2. The number of unbranched alkanes of at least 4 members (excludes halogenated alkanes) is 4. The molecule has 0 fully saturated rings. The lowest BCUT2D eigenvalue weighted by Crippen LogP contribution is -2.20. The van der Waals surface area contributed by atoms with E-state index in [-0.39, 0.29) is 21.9 Å². The van der Waals surface area contributed by atoms with Crippen LogP contribution in [0.25, 0.3) is 21.9 Å². The highest BCUT2D eigenvalue weighted by molar-refractivity contribution is 5.89. The topological polar surface area (TPSA) is 9.23 Å². The molecule has 0 atom stereocenters. The lowest BCUT2D eigenvalue weighted by molar-refractivity contribution is -0.154. The lowest BCUT2D eigenvalue weighted by Gasteiger charge is -2.13. The van der Waals surface area contributed by atoms with Crippen LogP contribution in [0.4, 0.5) is 30.7 Å². The van der Waals surface area contributed by atoms with Gasteiger partial charge in [0.15, 0.2) is 24.0 Å². The standard InChI is InChI=1S/C25H23F7O/c1-2-3-4-5-6-7-15-10-19(26)22(20(27)11-15)16-8-9-18-17(12-16)13-21(28)24(23(18)29)33-14-25(30,31)32/h8-13H,2-7,14H2,1H3. The van der Waals surface area contributed by atoms with Crippen molar-refractivity contribution in [2.24, 2.45) is 0 Å². The van der Waals surface area contributed by atoms with Crippen molar-refractivity contribution in [3.05, 3.63) is 65.2 Å². The van der Waals surface area contributed by atoms with Gasteiger partial charge in [0.05, 0.1) is 5.56 Å². The Morgan fingerprint density at radius 1 is 0.788 bits per heavy atom. The minimum atomic E-state index is -4.77. The maximum Gasteiger partial charge on any atom is 0.422 e.